The lowest BCUT2D eigenvalue weighted by molar-refractivity contribution is -0.118. The molecule has 2 aromatic carbocycles. The van der Waals surface area contributed by atoms with Crippen molar-refractivity contribution >= 4 is 35.3 Å². The molecule has 1 amide bonds. The van der Waals surface area contributed by atoms with Crippen molar-refractivity contribution in [2.45, 2.75) is 13.5 Å². The molecule has 0 aliphatic carbocycles. The SMILES string of the molecule is CC(=O)N/N=C/c1ccc(OCc2ccc(Cl)cc2Cl)cc1. The van der Waals surface area contributed by atoms with Gasteiger partial charge in [0.25, 0.3) is 0 Å². The monoisotopic (exact) mass is 336 g/mol. The van der Waals surface area contributed by atoms with Gasteiger partial charge in [0.05, 0.1) is 6.21 Å². The molecule has 0 heterocycles. The Kier molecular flexibility index (Phi) is 5.81. The van der Waals surface area contributed by atoms with Crippen molar-refractivity contribution in [1.29, 1.82) is 0 Å². The van der Waals surface area contributed by atoms with E-state index in [4.69, 9.17) is 27.9 Å². The van der Waals surface area contributed by atoms with Crippen LogP contribution in [0.3, 0.4) is 0 Å². The van der Waals surface area contributed by atoms with Crippen molar-refractivity contribution in [3.05, 3.63) is 63.6 Å². The number of nitrogens with one attached hydrogen (secondary N) is 1. The third-order valence-corrected chi connectivity index (χ3v) is 3.31. The van der Waals surface area contributed by atoms with Crippen LogP contribution in [0.2, 0.25) is 10.0 Å². The molecule has 0 saturated heterocycles. The summed E-state index contributed by atoms with van der Waals surface area (Å²) in [5.41, 5.74) is 4.06. The molecule has 0 fully saturated rings. The summed E-state index contributed by atoms with van der Waals surface area (Å²) in [5, 5.41) is 4.96. The Morgan fingerprint density at radius 3 is 2.59 bits per heavy atom. The summed E-state index contributed by atoms with van der Waals surface area (Å²) in [5.74, 6) is 0.499. The van der Waals surface area contributed by atoms with Crippen LogP contribution in [0.5, 0.6) is 5.75 Å². The number of rotatable bonds is 5. The van der Waals surface area contributed by atoms with Crippen molar-refractivity contribution in [1.82, 2.24) is 5.43 Å². The molecule has 0 spiro atoms. The zero-order valence-electron chi connectivity index (χ0n) is 11.8. The first-order valence-corrected chi connectivity index (χ1v) is 7.26. The van der Waals surface area contributed by atoms with Crippen LogP contribution in [0.25, 0.3) is 0 Å². The van der Waals surface area contributed by atoms with Gasteiger partial charge in [-0.05, 0) is 42.0 Å². The van der Waals surface area contributed by atoms with E-state index in [-0.39, 0.29) is 5.91 Å². The van der Waals surface area contributed by atoms with E-state index >= 15 is 0 Å². The minimum atomic E-state index is -0.212. The van der Waals surface area contributed by atoms with Crippen LogP contribution in [0, 0.1) is 0 Å². The second-order valence-electron chi connectivity index (χ2n) is 4.52. The second-order valence-corrected chi connectivity index (χ2v) is 5.36. The zero-order valence-corrected chi connectivity index (χ0v) is 13.4. The Labute approximate surface area is 138 Å². The van der Waals surface area contributed by atoms with E-state index in [1.807, 2.05) is 30.3 Å². The number of halogens is 2. The van der Waals surface area contributed by atoms with Gasteiger partial charge in [-0.25, -0.2) is 5.43 Å². The minimum Gasteiger partial charge on any atom is -0.489 e. The number of nitrogens with zero attached hydrogens (tertiary/aromatic N) is 1. The molecule has 0 aliphatic heterocycles. The second kappa shape index (κ2) is 7.82. The third-order valence-electron chi connectivity index (χ3n) is 2.73. The number of carbonyl (C=O) groups excluding carboxylic acids is 1. The lowest BCUT2D eigenvalue weighted by Crippen LogP contribution is -2.12. The highest BCUT2D eigenvalue weighted by molar-refractivity contribution is 6.35. The summed E-state index contributed by atoms with van der Waals surface area (Å²) < 4.78 is 5.67. The number of amides is 1. The first-order chi connectivity index (χ1) is 10.5. The van der Waals surface area contributed by atoms with Crippen LogP contribution in [0.1, 0.15) is 18.1 Å². The van der Waals surface area contributed by atoms with Crippen molar-refractivity contribution in [3.8, 4) is 5.75 Å². The molecule has 1 N–H and O–H groups in total. The van der Waals surface area contributed by atoms with Gasteiger partial charge in [0.1, 0.15) is 12.4 Å². The Bertz CT molecular complexity index is 685. The molecule has 2 aromatic rings. The van der Waals surface area contributed by atoms with Crippen molar-refractivity contribution in [3.63, 3.8) is 0 Å². The van der Waals surface area contributed by atoms with Gasteiger partial charge in [0.15, 0.2) is 0 Å². The maximum atomic E-state index is 10.7. The highest BCUT2D eigenvalue weighted by Gasteiger charge is 2.02. The predicted molar refractivity (Wildman–Crippen MR) is 88.6 cm³/mol. The first kappa shape index (κ1) is 16.3. The fourth-order valence-corrected chi connectivity index (χ4v) is 2.11. The number of hydrogen-bond donors (Lipinski definition) is 1. The Hall–Kier alpha value is -2.04. The molecule has 0 bridgehead atoms. The van der Waals surface area contributed by atoms with E-state index < -0.39 is 0 Å². The molecule has 6 heteroatoms. The minimum absolute atomic E-state index is 0.212. The van der Waals surface area contributed by atoms with Gasteiger partial charge >= 0.3 is 0 Å². The highest BCUT2D eigenvalue weighted by Crippen LogP contribution is 2.22. The van der Waals surface area contributed by atoms with Gasteiger partial charge < -0.3 is 4.74 Å². The predicted octanol–water partition coefficient (Wildman–Crippen LogP) is 4.04. The van der Waals surface area contributed by atoms with E-state index in [1.54, 1.807) is 18.3 Å². The van der Waals surface area contributed by atoms with E-state index in [1.165, 1.54) is 6.92 Å². The molecule has 22 heavy (non-hydrogen) atoms. The Balaban J connectivity index is 1.93. The van der Waals surface area contributed by atoms with Crippen molar-refractivity contribution < 1.29 is 9.53 Å². The van der Waals surface area contributed by atoms with Crippen LogP contribution in [-0.2, 0) is 11.4 Å². The van der Waals surface area contributed by atoms with Gasteiger partial charge in [-0.3, -0.25) is 4.79 Å². The Morgan fingerprint density at radius 2 is 1.95 bits per heavy atom. The fraction of sp³-hybridized carbons (Fsp3) is 0.125. The number of ether oxygens (including phenoxy) is 1. The number of hydrogen-bond acceptors (Lipinski definition) is 3. The molecule has 0 aromatic heterocycles. The lowest BCUT2D eigenvalue weighted by Gasteiger charge is -2.08. The average molecular weight is 337 g/mol. The average Bonchev–Trinajstić information content (AvgIpc) is 2.47. The zero-order chi connectivity index (χ0) is 15.9. The summed E-state index contributed by atoms with van der Waals surface area (Å²) in [6.07, 6.45) is 1.56. The highest BCUT2D eigenvalue weighted by atomic mass is 35.5. The third kappa shape index (κ3) is 5.06. The molecule has 0 saturated carbocycles. The van der Waals surface area contributed by atoms with Crippen molar-refractivity contribution in [2.24, 2.45) is 5.10 Å². The fourth-order valence-electron chi connectivity index (χ4n) is 1.65. The van der Waals surface area contributed by atoms with Crippen LogP contribution >= 0.6 is 23.2 Å². The number of carbonyl (C=O) groups is 1. The van der Waals surface area contributed by atoms with Gasteiger partial charge in [0.2, 0.25) is 5.91 Å². The summed E-state index contributed by atoms with van der Waals surface area (Å²) in [6.45, 7) is 1.76. The first-order valence-electron chi connectivity index (χ1n) is 6.51. The molecule has 0 atom stereocenters. The van der Waals surface area contributed by atoms with Gasteiger partial charge in [-0.1, -0.05) is 29.3 Å². The topological polar surface area (TPSA) is 50.7 Å². The van der Waals surface area contributed by atoms with Gasteiger partial charge in [-0.15, -0.1) is 0 Å². The largest absolute Gasteiger partial charge is 0.489 e. The summed E-state index contributed by atoms with van der Waals surface area (Å²) in [6, 6.07) is 12.6. The summed E-state index contributed by atoms with van der Waals surface area (Å²) in [4.78, 5) is 10.7. The molecule has 0 unspecified atom stereocenters. The molecule has 4 nitrogen and oxygen atoms in total. The molecular formula is C16H14Cl2N2O2. The van der Waals surface area contributed by atoms with Crippen LogP contribution < -0.4 is 10.2 Å². The molecule has 2 rings (SSSR count). The molecule has 0 radical (unpaired) electrons. The summed E-state index contributed by atoms with van der Waals surface area (Å²) in [7, 11) is 0. The molecule has 114 valence electrons. The quantitative estimate of drug-likeness (QED) is 0.661. The number of hydrazone groups is 1. The summed E-state index contributed by atoms with van der Waals surface area (Å²) >= 11 is 11.9. The van der Waals surface area contributed by atoms with E-state index in [0.29, 0.717) is 22.4 Å². The molecule has 0 aliphatic rings. The normalized spacial score (nSPS) is 10.7. The van der Waals surface area contributed by atoms with Gasteiger partial charge in [-0.2, -0.15) is 5.10 Å². The standard InChI is InChI=1S/C16H14Cl2N2O2/c1-11(21)20-19-9-12-2-6-15(7-3-12)22-10-13-4-5-14(17)8-16(13)18/h2-9H,10H2,1H3,(H,20,21)/b19-9+. The number of benzene rings is 2. The van der Waals surface area contributed by atoms with E-state index in [0.717, 1.165) is 11.1 Å². The van der Waals surface area contributed by atoms with Crippen LogP contribution in [0.15, 0.2) is 47.6 Å². The van der Waals surface area contributed by atoms with E-state index in [9.17, 15) is 4.79 Å². The van der Waals surface area contributed by atoms with Crippen LogP contribution in [0.4, 0.5) is 0 Å². The maximum absolute atomic E-state index is 10.7. The maximum Gasteiger partial charge on any atom is 0.236 e. The van der Waals surface area contributed by atoms with Gasteiger partial charge in [0, 0.05) is 22.5 Å². The van der Waals surface area contributed by atoms with Crippen LogP contribution in [-0.4, -0.2) is 12.1 Å². The smallest absolute Gasteiger partial charge is 0.236 e. The Morgan fingerprint density at radius 1 is 1.23 bits per heavy atom. The lowest BCUT2D eigenvalue weighted by atomic mass is 10.2. The van der Waals surface area contributed by atoms with E-state index in [2.05, 4.69) is 10.5 Å². The van der Waals surface area contributed by atoms with Crippen molar-refractivity contribution in [2.75, 3.05) is 0 Å². The molecular weight excluding hydrogens is 323 g/mol.